The number of aromatic nitrogens is 1. The summed E-state index contributed by atoms with van der Waals surface area (Å²) in [5.74, 6) is 2.46. The first-order valence-electron chi connectivity index (χ1n) is 9.59. The number of nitrogens with zero attached hydrogens (tertiary/aromatic N) is 3. The predicted molar refractivity (Wildman–Crippen MR) is 105 cm³/mol. The SMILES string of the molecule is COc1cc2c(cc1CN1CCCN(c3ccnc(C)c3)CC1)OCCO2. The number of pyridine rings is 1. The minimum absolute atomic E-state index is 0.589. The third-order valence-electron chi connectivity index (χ3n) is 5.17. The summed E-state index contributed by atoms with van der Waals surface area (Å²) in [6.45, 7) is 8.24. The third kappa shape index (κ3) is 4.11. The fourth-order valence-electron chi connectivity index (χ4n) is 3.78. The molecule has 1 aromatic heterocycles. The van der Waals surface area contributed by atoms with E-state index in [1.165, 1.54) is 5.69 Å². The maximum absolute atomic E-state index is 5.75. The first-order chi connectivity index (χ1) is 13.2. The van der Waals surface area contributed by atoms with Gasteiger partial charge in [0.25, 0.3) is 0 Å². The molecular weight excluding hydrogens is 342 g/mol. The molecule has 0 radical (unpaired) electrons. The number of benzene rings is 1. The Morgan fingerprint density at radius 2 is 1.85 bits per heavy atom. The molecule has 3 heterocycles. The van der Waals surface area contributed by atoms with Gasteiger partial charge in [-0.2, -0.15) is 0 Å². The van der Waals surface area contributed by atoms with E-state index in [0.29, 0.717) is 13.2 Å². The Labute approximate surface area is 160 Å². The van der Waals surface area contributed by atoms with Gasteiger partial charge in [-0.05, 0) is 31.5 Å². The molecule has 2 aliphatic rings. The Balaban J connectivity index is 1.46. The van der Waals surface area contributed by atoms with Crippen LogP contribution in [0.3, 0.4) is 0 Å². The molecule has 1 fully saturated rings. The average Bonchev–Trinajstić information content (AvgIpc) is 2.93. The number of rotatable bonds is 4. The van der Waals surface area contributed by atoms with Gasteiger partial charge in [0.1, 0.15) is 19.0 Å². The van der Waals surface area contributed by atoms with Gasteiger partial charge in [0, 0.05) is 61.9 Å². The number of fused-ring (bicyclic) bond motifs is 1. The molecular formula is C21H27N3O3. The highest BCUT2D eigenvalue weighted by molar-refractivity contribution is 5.51. The largest absolute Gasteiger partial charge is 0.496 e. The van der Waals surface area contributed by atoms with Crippen LogP contribution in [0.25, 0.3) is 0 Å². The van der Waals surface area contributed by atoms with Crippen LogP contribution in [0, 0.1) is 6.92 Å². The van der Waals surface area contributed by atoms with E-state index in [2.05, 4.69) is 33.0 Å². The van der Waals surface area contributed by atoms with Gasteiger partial charge in [-0.3, -0.25) is 9.88 Å². The zero-order valence-electron chi connectivity index (χ0n) is 16.1. The Morgan fingerprint density at radius 3 is 2.63 bits per heavy atom. The standard InChI is InChI=1S/C21H27N3O3/c1-16-12-18(4-5-22-16)24-7-3-6-23(8-9-24)15-17-13-20-21(14-19(17)25-2)27-11-10-26-20/h4-5,12-14H,3,6-11,15H2,1-2H3. The van der Waals surface area contributed by atoms with Gasteiger partial charge in [-0.15, -0.1) is 0 Å². The Kier molecular flexibility index (Phi) is 5.34. The van der Waals surface area contributed by atoms with Gasteiger partial charge in [-0.1, -0.05) is 0 Å². The molecule has 27 heavy (non-hydrogen) atoms. The van der Waals surface area contributed by atoms with E-state index >= 15 is 0 Å². The van der Waals surface area contributed by atoms with Crippen molar-refractivity contribution in [3.05, 3.63) is 41.7 Å². The fraction of sp³-hybridized carbons (Fsp3) is 0.476. The van der Waals surface area contributed by atoms with E-state index in [-0.39, 0.29) is 0 Å². The van der Waals surface area contributed by atoms with E-state index in [9.17, 15) is 0 Å². The van der Waals surface area contributed by atoms with Crippen LogP contribution < -0.4 is 19.1 Å². The van der Waals surface area contributed by atoms with Gasteiger partial charge >= 0.3 is 0 Å². The second-order valence-electron chi connectivity index (χ2n) is 7.08. The number of methoxy groups -OCH3 is 1. The number of hydrogen-bond acceptors (Lipinski definition) is 6. The molecule has 0 aliphatic carbocycles. The summed E-state index contributed by atoms with van der Waals surface area (Å²) in [4.78, 5) is 9.25. The van der Waals surface area contributed by atoms with Crippen LogP contribution in [0.2, 0.25) is 0 Å². The summed E-state index contributed by atoms with van der Waals surface area (Å²) in [6.07, 6.45) is 3.03. The lowest BCUT2D eigenvalue weighted by Crippen LogP contribution is -2.30. The second kappa shape index (κ2) is 8.05. The number of ether oxygens (including phenoxy) is 3. The first-order valence-corrected chi connectivity index (χ1v) is 9.59. The topological polar surface area (TPSA) is 47.1 Å². The lowest BCUT2D eigenvalue weighted by molar-refractivity contribution is 0.170. The lowest BCUT2D eigenvalue weighted by atomic mass is 10.1. The molecule has 0 amide bonds. The smallest absolute Gasteiger partial charge is 0.165 e. The molecule has 144 valence electrons. The van der Waals surface area contributed by atoms with Crippen molar-refractivity contribution in [2.24, 2.45) is 0 Å². The minimum atomic E-state index is 0.589. The molecule has 0 saturated carbocycles. The maximum atomic E-state index is 5.75. The molecule has 0 unspecified atom stereocenters. The number of aryl methyl sites for hydroxylation is 1. The predicted octanol–water partition coefficient (Wildman–Crippen LogP) is 2.88. The van der Waals surface area contributed by atoms with Gasteiger partial charge < -0.3 is 19.1 Å². The van der Waals surface area contributed by atoms with Crippen LogP contribution >= 0.6 is 0 Å². The molecule has 0 N–H and O–H groups in total. The number of anilines is 1. The van der Waals surface area contributed by atoms with Crippen molar-refractivity contribution in [2.75, 3.05) is 51.4 Å². The zero-order valence-corrected chi connectivity index (χ0v) is 16.1. The van der Waals surface area contributed by atoms with Crippen LogP contribution in [0.1, 0.15) is 17.7 Å². The van der Waals surface area contributed by atoms with Gasteiger partial charge in [0.15, 0.2) is 11.5 Å². The molecule has 0 atom stereocenters. The molecule has 2 aliphatic heterocycles. The molecule has 1 aromatic carbocycles. The highest BCUT2D eigenvalue weighted by atomic mass is 16.6. The molecule has 2 aromatic rings. The average molecular weight is 369 g/mol. The Hall–Kier alpha value is -2.47. The van der Waals surface area contributed by atoms with E-state index in [1.54, 1.807) is 7.11 Å². The molecule has 6 nitrogen and oxygen atoms in total. The summed E-state index contributed by atoms with van der Waals surface area (Å²) >= 11 is 0. The van der Waals surface area contributed by atoms with Gasteiger partial charge in [-0.25, -0.2) is 0 Å². The van der Waals surface area contributed by atoms with Crippen molar-refractivity contribution in [1.29, 1.82) is 0 Å². The van der Waals surface area contributed by atoms with Crippen molar-refractivity contribution in [3.8, 4) is 17.2 Å². The third-order valence-corrected chi connectivity index (χ3v) is 5.17. The van der Waals surface area contributed by atoms with E-state index in [0.717, 1.165) is 67.7 Å². The quantitative estimate of drug-likeness (QED) is 0.826. The van der Waals surface area contributed by atoms with Crippen LogP contribution in [-0.2, 0) is 6.54 Å². The van der Waals surface area contributed by atoms with Crippen molar-refractivity contribution < 1.29 is 14.2 Å². The summed E-state index contributed by atoms with van der Waals surface area (Å²) in [7, 11) is 1.71. The van der Waals surface area contributed by atoms with Crippen molar-refractivity contribution >= 4 is 5.69 Å². The van der Waals surface area contributed by atoms with Gasteiger partial charge in [0.2, 0.25) is 0 Å². The molecule has 4 rings (SSSR count). The fourth-order valence-corrected chi connectivity index (χ4v) is 3.78. The summed E-state index contributed by atoms with van der Waals surface area (Å²) in [5.41, 5.74) is 3.48. The normalized spacial score (nSPS) is 17.5. The first kappa shape index (κ1) is 17.9. The highest BCUT2D eigenvalue weighted by Crippen LogP contribution is 2.37. The van der Waals surface area contributed by atoms with Crippen molar-refractivity contribution in [3.63, 3.8) is 0 Å². The van der Waals surface area contributed by atoms with Gasteiger partial charge in [0.05, 0.1) is 7.11 Å². The number of hydrogen-bond donors (Lipinski definition) is 0. The molecule has 0 bridgehead atoms. The molecule has 1 saturated heterocycles. The minimum Gasteiger partial charge on any atom is -0.496 e. The summed E-state index contributed by atoms with van der Waals surface area (Å²) < 4.78 is 17.0. The molecule has 0 spiro atoms. The van der Waals surface area contributed by atoms with Crippen molar-refractivity contribution in [2.45, 2.75) is 19.9 Å². The zero-order chi connectivity index (χ0) is 18.6. The van der Waals surface area contributed by atoms with Crippen molar-refractivity contribution in [1.82, 2.24) is 9.88 Å². The molecule has 6 heteroatoms. The van der Waals surface area contributed by atoms with E-state index in [4.69, 9.17) is 14.2 Å². The van der Waals surface area contributed by atoms with Crippen LogP contribution in [0.15, 0.2) is 30.5 Å². The second-order valence-corrected chi connectivity index (χ2v) is 7.08. The Bertz CT molecular complexity index is 796. The monoisotopic (exact) mass is 369 g/mol. The summed E-state index contributed by atoms with van der Waals surface area (Å²) in [6, 6.07) is 8.29. The highest BCUT2D eigenvalue weighted by Gasteiger charge is 2.20. The van der Waals surface area contributed by atoms with Crippen LogP contribution in [0.4, 0.5) is 5.69 Å². The van der Waals surface area contributed by atoms with Crippen LogP contribution in [-0.4, -0.2) is 56.4 Å². The van der Waals surface area contributed by atoms with E-state index in [1.807, 2.05) is 19.2 Å². The van der Waals surface area contributed by atoms with Crippen LogP contribution in [0.5, 0.6) is 17.2 Å². The summed E-state index contributed by atoms with van der Waals surface area (Å²) in [5, 5.41) is 0. The Morgan fingerprint density at radius 1 is 1.04 bits per heavy atom. The van der Waals surface area contributed by atoms with E-state index < -0.39 is 0 Å². The lowest BCUT2D eigenvalue weighted by Gasteiger charge is -2.25. The maximum Gasteiger partial charge on any atom is 0.165 e.